The lowest BCUT2D eigenvalue weighted by Crippen LogP contribution is -2.29. The zero-order valence-corrected chi connectivity index (χ0v) is 17.6. The van der Waals surface area contributed by atoms with Crippen molar-refractivity contribution in [2.45, 2.75) is 19.5 Å². The number of nitrogens with zero attached hydrogens (tertiary/aromatic N) is 2. The zero-order chi connectivity index (χ0) is 22.8. The van der Waals surface area contributed by atoms with E-state index in [0.29, 0.717) is 16.9 Å². The topological polar surface area (TPSA) is 100.0 Å². The van der Waals surface area contributed by atoms with Gasteiger partial charge >= 0.3 is 0 Å². The molecule has 0 unspecified atom stereocenters. The van der Waals surface area contributed by atoms with Crippen LogP contribution in [-0.2, 0) is 16.1 Å². The molecule has 32 heavy (non-hydrogen) atoms. The summed E-state index contributed by atoms with van der Waals surface area (Å²) < 4.78 is 5.27. The lowest BCUT2D eigenvalue weighted by atomic mass is 9.94. The Morgan fingerprint density at radius 1 is 1.12 bits per heavy atom. The normalized spacial score (nSPS) is 17.6. The third kappa shape index (κ3) is 3.80. The van der Waals surface area contributed by atoms with Crippen molar-refractivity contribution in [2.24, 2.45) is 0 Å². The lowest BCUT2D eigenvalue weighted by molar-refractivity contribution is -0.140. The Labute approximate surface area is 185 Å². The van der Waals surface area contributed by atoms with Gasteiger partial charge in [-0.05, 0) is 60.0 Å². The van der Waals surface area contributed by atoms with E-state index in [1.165, 1.54) is 17.0 Å². The van der Waals surface area contributed by atoms with Crippen molar-refractivity contribution in [1.82, 2.24) is 9.88 Å². The Bertz CT molecular complexity index is 1200. The number of Topliss-reactive ketones (excluding diaryl/α,β-unsaturated/α-hetero) is 1. The third-order valence-electron chi connectivity index (χ3n) is 5.49. The fourth-order valence-electron chi connectivity index (χ4n) is 3.92. The number of aromatic nitrogens is 1. The molecule has 0 spiro atoms. The summed E-state index contributed by atoms with van der Waals surface area (Å²) in [7, 11) is 1.55. The second-order valence-electron chi connectivity index (χ2n) is 7.56. The maximum atomic E-state index is 13.1. The summed E-state index contributed by atoms with van der Waals surface area (Å²) >= 11 is 0. The first-order valence-corrected chi connectivity index (χ1v) is 10.0. The molecule has 1 aliphatic rings. The van der Waals surface area contributed by atoms with Gasteiger partial charge in [0.1, 0.15) is 17.3 Å². The number of carbonyl (C=O) groups is 2. The van der Waals surface area contributed by atoms with Gasteiger partial charge in [-0.15, -0.1) is 0 Å². The Kier molecular flexibility index (Phi) is 5.64. The number of ketones is 1. The number of aryl methyl sites for hydroxylation is 1. The monoisotopic (exact) mass is 430 g/mol. The number of aromatic hydroxyl groups is 1. The number of aliphatic hydroxyl groups is 1. The number of rotatable bonds is 5. The number of benzene rings is 2. The summed E-state index contributed by atoms with van der Waals surface area (Å²) in [6, 6.07) is 14.0. The molecule has 3 aromatic rings. The molecule has 4 rings (SSSR count). The molecule has 1 aromatic heterocycles. The molecule has 2 heterocycles. The van der Waals surface area contributed by atoms with Crippen molar-refractivity contribution in [2.75, 3.05) is 7.11 Å². The minimum absolute atomic E-state index is 0.00542. The number of amides is 1. The number of phenolic OH excluding ortho intramolecular Hbond substituents is 1. The van der Waals surface area contributed by atoms with Crippen molar-refractivity contribution in [3.05, 3.63) is 94.8 Å². The molecule has 2 aromatic carbocycles. The van der Waals surface area contributed by atoms with Crippen LogP contribution in [0.4, 0.5) is 0 Å². The highest BCUT2D eigenvalue weighted by atomic mass is 16.5. The predicted molar refractivity (Wildman–Crippen MR) is 118 cm³/mol. The first-order valence-electron chi connectivity index (χ1n) is 10.0. The maximum absolute atomic E-state index is 13.1. The van der Waals surface area contributed by atoms with Gasteiger partial charge < -0.3 is 19.8 Å². The number of methoxy groups -OCH3 is 1. The summed E-state index contributed by atoms with van der Waals surface area (Å²) in [5.41, 5.74) is 2.53. The molecule has 0 bridgehead atoms. The molecule has 0 aliphatic carbocycles. The summed E-state index contributed by atoms with van der Waals surface area (Å²) in [4.78, 5) is 31.6. The fraction of sp³-hybridized carbons (Fsp3) is 0.160. The molecule has 1 aliphatic heterocycles. The van der Waals surface area contributed by atoms with Crippen molar-refractivity contribution >= 4 is 17.4 Å². The Morgan fingerprint density at radius 3 is 2.50 bits per heavy atom. The SMILES string of the molecule is COc1ccc(C(O)=C2C(=O)C(=O)N(Cc3cccnc3)[C@H]2c2ccc(O)cc2)cc1C. The van der Waals surface area contributed by atoms with Crippen LogP contribution in [-0.4, -0.2) is 38.9 Å². The second-order valence-corrected chi connectivity index (χ2v) is 7.56. The van der Waals surface area contributed by atoms with Crippen LogP contribution >= 0.6 is 0 Å². The fourth-order valence-corrected chi connectivity index (χ4v) is 3.92. The minimum atomic E-state index is -0.821. The molecule has 0 saturated carbocycles. The average molecular weight is 430 g/mol. The standard InChI is InChI=1S/C25H22N2O5/c1-15-12-18(7-10-20(15)32-2)23(29)21-22(17-5-8-19(28)9-6-17)27(25(31)24(21)30)14-16-4-3-11-26-13-16/h3-13,22,28-29H,14H2,1-2H3/t22-/m0/s1. The molecule has 7 heteroatoms. The third-order valence-corrected chi connectivity index (χ3v) is 5.49. The van der Waals surface area contributed by atoms with Gasteiger partial charge in [0.2, 0.25) is 0 Å². The van der Waals surface area contributed by atoms with Gasteiger partial charge in [0.05, 0.1) is 18.7 Å². The largest absolute Gasteiger partial charge is 0.508 e. The summed E-state index contributed by atoms with van der Waals surface area (Å²) in [6.45, 7) is 1.97. The number of phenols is 1. The molecular formula is C25H22N2O5. The van der Waals surface area contributed by atoms with Gasteiger partial charge in [-0.1, -0.05) is 18.2 Å². The highest BCUT2D eigenvalue weighted by Crippen LogP contribution is 2.41. The quantitative estimate of drug-likeness (QED) is 0.364. The van der Waals surface area contributed by atoms with E-state index in [9.17, 15) is 19.8 Å². The number of pyridine rings is 1. The lowest BCUT2D eigenvalue weighted by Gasteiger charge is -2.25. The van der Waals surface area contributed by atoms with E-state index < -0.39 is 17.7 Å². The maximum Gasteiger partial charge on any atom is 0.295 e. The van der Waals surface area contributed by atoms with Crippen molar-refractivity contribution < 1.29 is 24.5 Å². The van der Waals surface area contributed by atoms with E-state index in [-0.39, 0.29) is 23.6 Å². The van der Waals surface area contributed by atoms with Crippen LogP contribution in [0.5, 0.6) is 11.5 Å². The predicted octanol–water partition coefficient (Wildman–Crippen LogP) is 3.73. The van der Waals surface area contributed by atoms with Crippen LogP contribution in [0.1, 0.15) is 28.3 Å². The summed E-state index contributed by atoms with van der Waals surface area (Å²) in [5.74, 6) is -1.03. The van der Waals surface area contributed by atoms with Gasteiger partial charge in [-0.2, -0.15) is 0 Å². The minimum Gasteiger partial charge on any atom is -0.508 e. The van der Waals surface area contributed by atoms with E-state index >= 15 is 0 Å². The average Bonchev–Trinajstić information content (AvgIpc) is 3.04. The Morgan fingerprint density at radius 2 is 1.88 bits per heavy atom. The highest BCUT2D eigenvalue weighted by molar-refractivity contribution is 6.46. The molecule has 1 fully saturated rings. The highest BCUT2D eigenvalue weighted by Gasteiger charge is 2.46. The summed E-state index contributed by atoms with van der Waals surface area (Å²) in [6.07, 6.45) is 3.25. The van der Waals surface area contributed by atoms with Crippen LogP contribution in [0.2, 0.25) is 0 Å². The first kappa shape index (κ1) is 21.1. The second kappa shape index (κ2) is 8.55. The van der Waals surface area contributed by atoms with E-state index in [1.54, 1.807) is 55.9 Å². The van der Waals surface area contributed by atoms with Gasteiger partial charge in [-0.25, -0.2) is 0 Å². The Hall–Kier alpha value is -4.13. The van der Waals surface area contributed by atoms with Gasteiger partial charge in [-0.3, -0.25) is 14.6 Å². The molecule has 1 saturated heterocycles. The number of hydrogen-bond acceptors (Lipinski definition) is 6. The molecule has 162 valence electrons. The van der Waals surface area contributed by atoms with Crippen LogP contribution in [0.3, 0.4) is 0 Å². The Balaban J connectivity index is 1.86. The summed E-state index contributed by atoms with van der Waals surface area (Å²) in [5, 5.41) is 20.9. The van der Waals surface area contributed by atoms with Crippen molar-refractivity contribution in [3.8, 4) is 11.5 Å². The molecular weight excluding hydrogens is 408 g/mol. The van der Waals surface area contributed by atoms with E-state index in [4.69, 9.17) is 4.74 Å². The van der Waals surface area contributed by atoms with E-state index in [0.717, 1.165) is 11.1 Å². The van der Waals surface area contributed by atoms with Crippen LogP contribution < -0.4 is 4.74 Å². The molecule has 2 N–H and O–H groups in total. The number of aliphatic hydroxyl groups excluding tert-OH is 1. The van der Waals surface area contributed by atoms with E-state index in [1.807, 2.05) is 13.0 Å². The van der Waals surface area contributed by atoms with Gasteiger partial charge in [0, 0.05) is 24.5 Å². The smallest absolute Gasteiger partial charge is 0.295 e. The first-order chi connectivity index (χ1) is 15.4. The van der Waals surface area contributed by atoms with Crippen molar-refractivity contribution in [1.29, 1.82) is 0 Å². The van der Waals surface area contributed by atoms with E-state index in [2.05, 4.69) is 4.98 Å². The molecule has 0 radical (unpaired) electrons. The van der Waals surface area contributed by atoms with Crippen LogP contribution in [0, 0.1) is 6.92 Å². The number of ether oxygens (including phenoxy) is 1. The number of likely N-dealkylation sites (tertiary alicyclic amines) is 1. The molecule has 1 atom stereocenters. The van der Waals surface area contributed by atoms with Crippen LogP contribution in [0.25, 0.3) is 5.76 Å². The molecule has 7 nitrogen and oxygen atoms in total. The number of hydrogen-bond donors (Lipinski definition) is 2. The number of carbonyl (C=O) groups excluding carboxylic acids is 2. The van der Waals surface area contributed by atoms with Gasteiger partial charge in [0.25, 0.3) is 11.7 Å². The van der Waals surface area contributed by atoms with Crippen molar-refractivity contribution in [3.63, 3.8) is 0 Å². The van der Waals surface area contributed by atoms with Crippen LogP contribution in [0.15, 0.2) is 72.6 Å². The van der Waals surface area contributed by atoms with Gasteiger partial charge in [0.15, 0.2) is 0 Å². The zero-order valence-electron chi connectivity index (χ0n) is 17.6. The molecule has 1 amide bonds.